The normalized spacial score (nSPS) is 19.2. The molecule has 8 heteroatoms. The summed E-state index contributed by atoms with van der Waals surface area (Å²) in [6.07, 6.45) is 1.47. The van der Waals surface area contributed by atoms with Gasteiger partial charge in [0.25, 0.3) is 0 Å². The minimum atomic E-state index is -2.94. The number of ether oxygens (including phenoxy) is 4. The zero-order valence-corrected chi connectivity index (χ0v) is 17.9. The van der Waals surface area contributed by atoms with Crippen LogP contribution in [-0.2, 0) is 16.4 Å². The van der Waals surface area contributed by atoms with Crippen LogP contribution >= 0.6 is 0 Å². The lowest BCUT2D eigenvalue weighted by Crippen LogP contribution is -2.37. The van der Waals surface area contributed by atoms with E-state index in [1.807, 2.05) is 42.5 Å². The third-order valence-corrected chi connectivity index (χ3v) is 7.22. The Hall–Kier alpha value is -2.45. The maximum atomic E-state index is 12.0. The lowest BCUT2D eigenvalue weighted by atomic mass is 10.1. The summed E-state index contributed by atoms with van der Waals surface area (Å²) in [4.78, 5) is 2.26. The minimum Gasteiger partial charge on any atom is -0.497 e. The Morgan fingerprint density at radius 2 is 1.83 bits per heavy atom. The van der Waals surface area contributed by atoms with E-state index in [2.05, 4.69) is 4.90 Å². The van der Waals surface area contributed by atoms with Gasteiger partial charge in [-0.15, -0.1) is 0 Å². The van der Waals surface area contributed by atoms with Crippen molar-refractivity contribution in [3.05, 3.63) is 48.0 Å². The molecule has 4 rings (SSSR count). The first-order valence-corrected chi connectivity index (χ1v) is 11.9. The van der Waals surface area contributed by atoms with Gasteiger partial charge in [0.1, 0.15) is 11.5 Å². The molecule has 0 N–H and O–H groups in total. The molecule has 7 nitrogen and oxygen atoms in total. The van der Waals surface area contributed by atoms with Crippen LogP contribution in [0.2, 0.25) is 0 Å². The van der Waals surface area contributed by atoms with Gasteiger partial charge in [-0.25, -0.2) is 8.42 Å². The van der Waals surface area contributed by atoms with Crippen molar-refractivity contribution in [2.75, 3.05) is 38.6 Å². The molecule has 0 bridgehead atoms. The monoisotopic (exact) mass is 433 g/mol. The molecular weight excluding hydrogens is 406 g/mol. The summed E-state index contributed by atoms with van der Waals surface area (Å²) in [5.41, 5.74) is 1.14. The molecular formula is C22H27NO6S. The van der Waals surface area contributed by atoms with Crippen LogP contribution in [0, 0.1) is 0 Å². The highest BCUT2D eigenvalue weighted by molar-refractivity contribution is 7.91. The van der Waals surface area contributed by atoms with E-state index < -0.39 is 9.84 Å². The van der Waals surface area contributed by atoms with Crippen molar-refractivity contribution in [2.24, 2.45) is 0 Å². The van der Waals surface area contributed by atoms with E-state index in [9.17, 15) is 8.42 Å². The molecule has 0 amide bonds. The summed E-state index contributed by atoms with van der Waals surface area (Å²) in [5, 5.41) is 0. The number of methoxy groups -OCH3 is 1. The van der Waals surface area contributed by atoms with E-state index in [0.29, 0.717) is 25.3 Å². The van der Waals surface area contributed by atoms with Crippen LogP contribution < -0.4 is 18.9 Å². The predicted molar refractivity (Wildman–Crippen MR) is 113 cm³/mol. The summed E-state index contributed by atoms with van der Waals surface area (Å²) in [6.45, 7) is 2.24. The third-order valence-electron chi connectivity index (χ3n) is 5.47. The van der Waals surface area contributed by atoms with Gasteiger partial charge >= 0.3 is 0 Å². The molecule has 0 aromatic heterocycles. The Balaban J connectivity index is 1.34. The summed E-state index contributed by atoms with van der Waals surface area (Å²) >= 11 is 0. The molecule has 2 aromatic carbocycles. The van der Waals surface area contributed by atoms with E-state index in [-0.39, 0.29) is 24.3 Å². The summed E-state index contributed by atoms with van der Waals surface area (Å²) in [5.74, 6) is 3.48. The van der Waals surface area contributed by atoms with Gasteiger partial charge in [0.2, 0.25) is 6.79 Å². The van der Waals surface area contributed by atoms with Crippen LogP contribution in [0.3, 0.4) is 0 Å². The van der Waals surface area contributed by atoms with E-state index in [4.69, 9.17) is 18.9 Å². The maximum Gasteiger partial charge on any atom is 0.231 e. The van der Waals surface area contributed by atoms with Crippen molar-refractivity contribution in [1.82, 2.24) is 4.90 Å². The molecule has 30 heavy (non-hydrogen) atoms. The summed E-state index contributed by atoms with van der Waals surface area (Å²) < 4.78 is 45.8. The average molecular weight is 434 g/mol. The number of hydrogen-bond donors (Lipinski definition) is 0. The molecule has 2 aromatic rings. The van der Waals surface area contributed by atoms with Gasteiger partial charge in [0, 0.05) is 25.2 Å². The Morgan fingerprint density at radius 3 is 2.57 bits per heavy atom. The van der Waals surface area contributed by atoms with Crippen molar-refractivity contribution < 1.29 is 27.4 Å². The van der Waals surface area contributed by atoms with Gasteiger partial charge in [-0.3, -0.25) is 4.90 Å². The van der Waals surface area contributed by atoms with Gasteiger partial charge in [-0.1, -0.05) is 12.1 Å². The second-order valence-corrected chi connectivity index (χ2v) is 9.82. The average Bonchev–Trinajstić information content (AvgIpc) is 3.36. The van der Waals surface area contributed by atoms with E-state index in [0.717, 1.165) is 35.8 Å². The summed E-state index contributed by atoms with van der Waals surface area (Å²) in [7, 11) is -1.30. The van der Waals surface area contributed by atoms with Crippen LogP contribution in [-0.4, -0.2) is 57.9 Å². The molecule has 0 spiro atoms. The minimum absolute atomic E-state index is 0.0441. The van der Waals surface area contributed by atoms with E-state index in [1.54, 1.807) is 7.11 Å². The fourth-order valence-corrected chi connectivity index (χ4v) is 5.61. The van der Waals surface area contributed by atoms with E-state index in [1.165, 1.54) is 0 Å². The number of hydrogen-bond acceptors (Lipinski definition) is 7. The molecule has 0 aliphatic carbocycles. The predicted octanol–water partition coefficient (Wildman–Crippen LogP) is 2.88. The topological polar surface area (TPSA) is 74.3 Å². The van der Waals surface area contributed by atoms with Crippen molar-refractivity contribution >= 4 is 9.84 Å². The summed E-state index contributed by atoms with van der Waals surface area (Å²) in [6, 6.07) is 13.5. The van der Waals surface area contributed by atoms with Crippen molar-refractivity contribution in [2.45, 2.75) is 25.4 Å². The largest absolute Gasteiger partial charge is 0.497 e. The molecule has 162 valence electrons. The second-order valence-electron chi connectivity index (χ2n) is 7.59. The molecule has 2 heterocycles. The Labute approximate surface area is 177 Å². The fourth-order valence-electron chi connectivity index (χ4n) is 3.84. The highest BCUT2D eigenvalue weighted by atomic mass is 32.2. The first kappa shape index (κ1) is 20.8. The second kappa shape index (κ2) is 9.14. The molecule has 0 radical (unpaired) electrons. The lowest BCUT2D eigenvalue weighted by Gasteiger charge is -2.28. The SMILES string of the molecule is COc1ccc(CN(CCCOc2ccc3c(c2)OCO3)C2CCS(=O)(=O)C2)cc1. The number of fused-ring (bicyclic) bond motifs is 1. The van der Waals surface area contributed by atoms with Crippen molar-refractivity contribution in [3.8, 4) is 23.0 Å². The van der Waals surface area contributed by atoms with Gasteiger partial charge in [0.05, 0.1) is 25.2 Å². The number of sulfone groups is 1. The molecule has 2 aliphatic rings. The lowest BCUT2D eigenvalue weighted by molar-refractivity contribution is 0.173. The number of rotatable bonds is 9. The van der Waals surface area contributed by atoms with Crippen molar-refractivity contribution in [1.29, 1.82) is 0 Å². The van der Waals surface area contributed by atoms with E-state index >= 15 is 0 Å². The van der Waals surface area contributed by atoms with Gasteiger partial charge in [-0.05, 0) is 42.7 Å². The zero-order chi connectivity index (χ0) is 21.0. The molecule has 1 fully saturated rings. The molecule has 1 saturated heterocycles. The van der Waals surface area contributed by atoms with Gasteiger partial charge in [0.15, 0.2) is 21.3 Å². The van der Waals surface area contributed by atoms with Crippen LogP contribution in [0.25, 0.3) is 0 Å². The standard InChI is InChI=1S/C22H27NO6S/c1-26-19-5-3-17(4-6-19)14-23(18-9-12-30(24,25)15-18)10-2-11-27-20-7-8-21-22(13-20)29-16-28-21/h3-8,13,18H,2,9-12,14-16H2,1H3. The first-order chi connectivity index (χ1) is 14.5. The number of nitrogens with zero attached hydrogens (tertiary/aromatic N) is 1. The smallest absolute Gasteiger partial charge is 0.231 e. The quantitative estimate of drug-likeness (QED) is 0.563. The zero-order valence-electron chi connectivity index (χ0n) is 17.1. The highest BCUT2D eigenvalue weighted by Gasteiger charge is 2.32. The van der Waals surface area contributed by atoms with Crippen LogP contribution in [0.5, 0.6) is 23.0 Å². The highest BCUT2D eigenvalue weighted by Crippen LogP contribution is 2.35. The molecule has 2 aliphatic heterocycles. The van der Waals surface area contributed by atoms with Crippen LogP contribution in [0.1, 0.15) is 18.4 Å². The Morgan fingerprint density at radius 1 is 1.07 bits per heavy atom. The van der Waals surface area contributed by atoms with Crippen molar-refractivity contribution in [3.63, 3.8) is 0 Å². The maximum absolute atomic E-state index is 12.0. The molecule has 0 saturated carbocycles. The van der Waals surface area contributed by atoms with Crippen LogP contribution in [0.15, 0.2) is 42.5 Å². The number of benzene rings is 2. The van der Waals surface area contributed by atoms with Gasteiger partial charge in [-0.2, -0.15) is 0 Å². The Bertz CT molecular complexity index is 960. The Kier molecular flexibility index (Phi) is 6.34. The van der Waals surface area contributed by atoms with Gasteiger partial charge < -0.3 is 18.9 Å². The molecule has 1 atom stereocenters. The first-order valence-electron chi connectivity index (χ1n) is 10.1. The fraction of sp³-hybridized carbons (Fsp3) is 0.455. The molecule has 1 unspecified atom stereocenters. The third kappa shape index (κ3) is 5.17. The van der Waals surface area contributed by atoms with Crippen LogP contribution in [0.4, 0.5) is 0 Å².